The fourth-order valence-corrected chi connectivity index (χ4v) is 1.70. The van der Waals surface area contributed by atoms with Gasteiger partial charge in [0, 0.05) is 0 Å². The Labute approximate surface area is 92.4 Å². The topological polar surface area (TPSA) is 52.3 Å². The minimum Gasteiger partial charge on any atom is -0.464 e. The Morgan fingerprint density at radius 3 is 2.60 bits per heavy atom. The first kappa shape index (κ1) is 12.5. The third-order valence-corrected chi connectivity index (χ3v) is 3.10. The molecule has 1 aliphatic carbocycles. The van der Waals surface area contributed by atoms with Gasteiger partial charge in [0.2, 0.25) is 0 Å². The fraction of sp³-hybridized carbons (Fsp3) is 0.917. The van der Waals surface area contributed by atoms with E-state index in [4.69, 9.17) is 10.5 Å². The number of rotatable bonds is 7. The van der Waals surface area contributed by atoms with Gasteiger partial charge in [0.15, 0.2) is 0 Å². The summed E-state index contributed by atoms with van der Waals surface area (Å²) in [6.07, 6.45) is 6.63. The van der Waals surface area contributed by atoms with E-state index in [2.05, 4.69) is 6.92 Å². The second-order valence-corrected chi connectivity index (χ2v) is 4.75. The number of ether oxygens (including phenoxy) is 1. The zero-order valence-corrected chi connectivity index (χ0v) is 9.92. The lowest BCUT2D eigenvalue weighted by atomic mass is 9.98. The Kier molecular flexibility index (Phi) is 4.58. The molecule has 0 bridgehead atoms. The van der Waals surface area contributed by atoms with Crippen molar-refractivity contribution in [2.24, 2.45) is 11.7 Å². The molecule has 0 aromatic carbocycles. The molecular weight excluding hydrogens is 190 g/mol. The minimum absolute atomic E-state index is 0.221. The number of nitrogens with two attached hydrogens (primary N) is 1. The highest BCUT2D eigenvalue weighted by Crippen LogP contribution is 2.38. The summed E-state index contributed by atoms with van der Waals surface area (Å²) in [6, 6.07) is 0. The average Bonchev–Trinajstić information content (AvgIpc) is 3.00. The summed E-state index contributed by atoms with van der Waals surface area (Å²) in [5, 5.41) is 0. The Balaban J connectivity index is 2.12. The Hall–Kier alpha value is -0.570. The van der Waals surface area contributed by atoms with Crippen molar-refractivity contribution in [3.63, 3.8) is 0 Å². The largest absolute Gasteiger partial charge is 0.464 e. The van der Waals surface area contributed by atoms with Crippen molar-refractivity contribution < 1.29 is 9.53 Å². The number of hydrogen-bond acceptors (Lipinski definition) is 3. The quantitative estimate of drug-likeness (QED) is 0.521. The van der Waals surface area contributed by atoms with Crippen molar-refractivity contribution >= 4 is 5.97 Å². The molecule has 0 heterocycles. The van der Waals surface area contributed by atoms with Crippen LogP contribution in [0.25, 0.3) is 0 Å². The molecular formula is C12H23NO2. The smallest absolute Gasteiger partial charge is 0.326 e. The van der Waals surface area contributed by atoms with Crippen molar-refractivity contribution in [1.82, 2.24) is 0 Å². The number of esters is 1. The maximum Gasteiger partial charge on any atom is 0.326 e. The summed E-state index contributed by atoms with van der Waals surface area (Å²) >= 11 is 0. The molecule has 15 heavy (non-hydrogen) atoms. The molecule has 88 valence electrons. The second kappa shape index (κ2) is 5.50. The van der Waals surface area contributed by atoms with Crippen LogP contribution in [0.1, 0.15) is 52.4 Å². The minimum atomic E-state index is -0.745. The standard InChI is InChI=1S/C12H23NO2/c1-3-4-5-6-9-15-11(14)12(2,13)10-7-8-10/h10H,3-9,13H2,1-2H3. The van der Waals surface area contributed by atoms with Crippen LogP contribution in [0.3, 0.4) is 0 Å². The van der Waals surface area contributed by atoms with E-state index >= 15 is 0 Å². The van der Waals surface area contributed by atoms with E-state index in [1.807, 2.05) is 0 Å². The van der Waals surface area contributed by atoms with Gasteiger partial charge in [0.05, 0.1) is 6.61 Å². The second-order valence-electron chi connectivity index (χ2n) is 4.75. The van der Waals surface area contributed by atoms with E-state index in [9.17, 15) is 4.79 Å². The summed E-state index contributed by atoms with van der Waals surface area (Å²) in [6.45, 7) is 4.48. The van der Waals surface area contributed by atoms with Gasteiger partial charge in [-0.25, -0.2) is 0 Å². The summed E-state index contributed by atoms with van der Waals surface area (Å²) in [5.74, 6) is 0.127. The van der Waals surface area contributed by atoms with Gasteiger partial charge < -0.3 is 10.5 Å². The maximum absolute atomic E-state index is 11.6. The van der Waals surface area contributed by atoms with Crippen LogP contribution in [-0.2, 0) is 9.53 Å². The van der Waals surface area contributed by atoms with Crippen molar-refractivity contribution in [3.05, 3.63) is 0 Å². The van der Waals surface area contributed by atoms with Crippen LogP contribution >= 0.6 is 0 Å². The van der Waals surface area contributed by atoms with Crippen LogP contribution in [0.2, 0.25) is 0 Å². The third kappa shape index (κ3) is 3.82. The van der Waals surface area contributed by atoms with Gasteiger partial charge in [0.25, 0.3) is 0 Å². The van der Waals surface area contributed by atoms with Gasteiger partial charge in [-0.1, -0.05) is 26.2 Å². The molecule has 1 rings (SSSR count). The highest BCUT2D eigenvalue weighted by atomic mass is 16.5. The lowest BCUT2D eigenvalue weighted by molar-refractivity contribution is -0.150. The van der Waals surface area contributed by atoms with Crippen molar-refractivity contribution in [2.75, 3.05) is 6.61 Å². The molecule has 3 nitrogen and oxygen atoms in total. The molecule has 2 N–H and O–H groups in total. The molecule has 0 aromatic heterocycles. The zero-order chi connectivity index (χ0) is 11.3. The average molecular weight is 213 g/mol. The molecule has 1 fully saturated rings. The predicted molar refractivity (Wildman–Crippen MR) is 60.4 cm³/mol. The van der Waals surface area contributed by atoms with Gasteiger partial charge in [-0.05, 0) is 32.1 Å². The number of carbonyl (C=O) groups excluding carboxylic acids is 1. The number of unbranched alkanes of at least 4 members (excludes halogenated alkanes) is 3. The molecule has 0 saturated heterocycles. The van der Waals surface area contributed by atoms with Gasteiger partial charge in [-0.15, -0.1) is 0 Å². The van der Waals surface area contributed by atoms with Crippen LogP contribution in [0.5, 0.6) is 0 Å². The van der Waals surface area contributed by atoms with Gasteiger partial charge in [-0.2, -0.15) is 0 Å². The molecule has 1 unspecified atom stereocenters. The Morgan fingerprint density at radius 2 is 2.07 bits per heavy atom. The number of hydrogen-bond donors (Lipinski definition) is 1. The van der Waals surface area contributed by atoms with E-state index in [-0.39, 0.29) is 5.97 Å². The summed E-state index contributed by atoms with van der Waals surface area (Å²) in [7, 11) is 0. The lowest BCUT2D eigenvalue weighted by Crippen LogP contribution is -2.48. The Bertz CT molecular complexity index is 210. The van der Waals surface area contributed by atoms with E-state index in [1.54, 1.807) is 6.92 Å². The molecule has 0 aromatic rings. The number of carbonyl (C=O) groups is 1. The van der Waals surface area contributed by atoms with E-state index in [1.165, 1.54) is 12.8 Å². The Morgan fingerprint density at radius 1 is 1.40 bits per heavy atom. The monoisotopic (exact) mass is 213 g/mol. The first-order valence-electron chi connectivity index (χ1n) is 6.05. The van der Waals surface area contributed by atoms with E-state index in [0.717, 1.165) is 25.7 Å². The molecule has 1 saturated carbocycles. The van der Waals surface area contributed by atoms with Gasteiger partial charge in [-0.3, -0.25) is 4.79 Å². The van der Waals surface area contributed by atoms with Crippen LogP contribution in [0.4, 0.5) is 0 Å². The summed E-state index contributed by atoms with van der Waals surface area (Å²) < 4.78 is 5.19. The highest BCUT2D eigenvalue weighted by molar-refractivity contribution is 5.80. The molecule has 3 heteroatoms. The molecule has 0 aliphatic heterocycles. The first-order valence-corrected chi connectivity index (χ1v) is 6.05. The zero-order valence-electron chi connectivity index (χ0n) is 9.92. The van der Waals surface area contributed by atoms with Crippen molar-refractivity contribution in [1.29, 1.82) is 0 Å². The normalized spacial score (nSPS) is 19.7. The SMILES string of the molecule is CCCCCCOC(=O)C(C)(N)C1CC1. The van der Waals surface area contributed by atoms with Gasteiger partial charge >= 0.3 is 5.97 Å². The summed E-state index contributed by atoms with van der Waals surface area (Å²) in [5.41, 5.74) is 5.19. The lowest BCUT2D eigenvalue weighted by Gasteiger charge is -2.21. The molecule has 0 amide bonds. The van der Waals surface area contributed by atoms with Crippen molar-refractivity contribution in [3.8, 4) is 0 Å². The maximum atomic E-state index is 11.6. The van der Waals surface area contributed by atoms with E-state index in [0.29, 0.717) is 12.5 Å². The van der Waals surface area contributed by atoms with Crippen LogP contribution in [-0.4, -0.2) is 18.1 Å². The van der Waals surface area contributed by atoms with Crippen LogP contribution in [0, 0.1) is 5.92 Å². The third-order valence-electron chi connectivity index (χ3n) is 3.10. The van der Waals surface area contributed by atoms with Crippen LogP contribution in [0.15, 0.2) is 0 Å². The van der Waals surface area contributed by atoms with Crippen molar-refractivity contribution in [2.45, 2.75) is 57.9 Å². The van der Waals surface area contributed by atoms with E-state index < -0.39 is 5.54 Å². The fourth-order valence-electron chi connectivity index (χ4n) is 1.70. The first-order chi connectivity index (χ1) is 7.09. The summed E-state index contributed by atoms with van der Waals surface area (Å²) in [4.78, 5) is 11.6. The molecule has 0 spiro atoms. The highest BCUT2D eigenvalue weighted by Gasteiger charge is 2.45. The molecule has 1 atom stereocenters. The molecule has 1 aliphatic rings. The molecule has 0 radical (unpaired) electrons. The van der Waals surface area contributed by atoms with Crippen LogP contribution < -0.4 is 5.73 Å². The van der Waals surface area contributed by atoms with Gasteiger partial charge in [0.1, 0.15) is 5.54 Å². The predicted octanol–water partition coefficient (Wildman–Crippen LogP) is 2.24.